The van der Waals surface area contributed by atoms with Gasteiger partial charge in [-0.3, -0.25) is 9.59 Å². The lowest BCUT2D eigenvalue weighted by atomic mass is 10.1. The van der Waals surface area contributed by atoms with Gasteiger partial charge in [-0.2, -0.15) is 0 Å². The van der Waals surface area contributed by atoms with E-state index in [1.165, 1.54) is 11.3 Å². The monoisotopic (exact) mass is 292 g/mol. The van der Waals surface area contributed by atoms with Crippen LogP contribution in [0.3, 0.4) is 0 Å². The Balaban J connectivity index is 2.02. The van der Waals surface area contributed by atoms with Crippen LogP contribution in [0.1, 0.15) is 28.1 Å². The summed E-state index contributed by atoms with van der Waals surface area (Å²) in [5, 5.41) is 13.4. The smallest absolute Gasteiger partial charge is 0.262 e. The maximum absolute atomic E-state index is 12.2. The molecule has 1 aromatic rings. The maximum atomic E-state index is 12.2. The molecule has 5 nitrogen and oxygen atoms in total. The van der Waals surface area contributed by atoms with E-state index in [1.54, 1.807) is 23.4 Å². The molecule has 0 aromatic carbocycles. The van der Waals surface area contributed by atoms with Crippen LogP contribution in [0.2, 0.25) is 0 Å². The fourth-order valence-corrected chi connectivity index (χ4v) is 2.85. The molecule has 2 amide bonds. The molecule has 106 valence electrons. The van der Waals surface area contributed by atoms with Gasteiger partial charge in [0, 0.05) is 31.6 Å². The first kappa shape index (κ1) is 14.6. The number of rotatable bonds is 2. The van der Waals surface area contributed by atoms with E-state index < -0.39 is 0 Å². The van der Waals surface area contributed by atoms with Crippen molar-refractivity contribution in [2.24, 2.45) is 0 Å². The number of carbonyl (C=O) groups is 2. The van der Waals surface area contributed by atoms with Gasteiger partial charge in [0.05, 0.1) is 0 Å². The van der Waals surface area contributed by atoms with Crippen molar-refractivity contribution in [2.45, 2.75) is 18.9 Å². The molecule has 6 heteroatoms. The number of nitrogens with one attached hydrogen (secondary N) is 1. The molecule has 1 aromatic heterocycles. The second-order valence-corrected chi connectivity index (χ2v) is 5.52. The zero-order valence-corrected chi connectivity index (χ0v) is 12.0. The molecule has 1 unspecified atom stereocenters. The summed E-state index contributed by atoms with van der Waals surface area (Å²) < 4.78 is 0. The number of amides is 2. The second kappa shape index (κ2) is 6.55. The van der Waals surface area contributed by atoms with E-state index in [0.29, 0.717) is 29.8 Å². The molecular formula is C14H16N2O3S. The van der Waals surface area contributed by atoms with Crippen molar-refractivity contribution in [2.75, 3.05) is 20.2 Å². The van der Waals surface area contributed by atoms with Crippen molar-refractivity contribution in [1.29, 1.82) is 0 Å². The van der Waals surface area contributed by atoms with Crippen molar-refractivity contribution in [3.63, 3.8) is 0 Å². The second-order valence-electron chi connectivity index (χ2n) is 4.61. The largest absolute Gasteiger partial charge is 0.384 e. The summed E-state index contributed by atoms with van der Waals surface area (Å²) in [6, 6.07) is 1.74. The number of aliphatic hydroxyl groups is 1. The number of carbonyl (C=O) groups excluding carboxylic acids is 2. The first-order valence-electron chi connectivity index (χ1n) is 6.34. The van der Waals surface area contributed by atoms with Gasteiger partial charge in [-0.15, -0.1) is 11.3 Å². The van der Waals surface area contributed by atoms with Gasteiger partial charge in [0.2, 0.25) is 5.91 Å². The highest BCUT2D eigenvalue weighted by molar-refractivity contribution is 7.12. The standard InChI is InChI=1S/C14H16N2O3S/c1-16-9-11(4-5-12(16)18)15-14(19)13-10(3-2-7-17)6-8-20-13/h6,8,11,17H,4-5,7,9H2,1H3,(H,15,19). The lowest BCUT2D eigenvalue weighted by molar-refractivity contribution is -0.132. The normalized spacial score (nSPS) is 18.4. The highest BCUT2D eigenvalue weighted by Gasteiger charge is 2.25. The summed E-state index contributed by atoms with van der Waals surface area (Å²) in [5.74, 6) is 5.24. The number of aliphatic hydroxyl groups excluding tert-OH is 1. The van der Waals surface area contributed by atoms with Gasteiger partial charge in [0.15, 0.2) is 0 Å². The van der Waals surface area contributed by atoms with Gasteiger partial charge in [-0.25, -0.2) is 0 Å². The van der Waals surface area contributed by atoms with Crippen molar-refractivity contribution >= 4 is 23.2 Å². The molecule has 0 saturated carbocycles. The zero-order chi connectivity index (χ0) is 14.5. The average Bonchev–Trinajstić information content (AvgIpc) is 2.89. The Hall–Kier alpha value is -1.84. The average molecular weight is 292 g/mol. The molecule has 2 heterocycles. The Labute approximate surface area is 121 Å². The molecule has 0 aliphatic carbocycles. The highest BCUT2D eigenvalue weighted by Crippen LogP contribution is 2.17. The summed E-state index contributed by atoms with van der Waals surface area (Å²) in [5.41, 5.74) is 0.627. The molecule has 1 atom stereocenters. The SMILES string of the molecule is CN1CC(NC(=O)c2sccc2C#CCO)CCC1=O. The van der Waals surface area contributed by atoms with Crippen LogP contribution in [-0.2, 0) is 4.79 Å². The third-order valence-electron chi connectivity index (χ3n) is 3.14. The van der Waals surface area contributed by atoms with E-state index in [-0.39, 0.29) is 24.5 Å². The number of nitrogens with zero attached hydrogens (tertiary/aromatic N) is 1. The van der Waals surface area contributed by atoms with Gasteiger partial charge in [0.25, 0.3) is 5.91 Å². The number of piperidine rings is 1. The Bertz CT molecular complexity index is 570. The van der Waals surface area contributed by atoms with E-state index in [1.807, 2.05) is 0 Å². The minimum absolute atomic E-state index is 0.0223. The Morgan fingerprint density at radius 3 is 3.15 bits per heavy atom. The van der Waals surface area contributed by atoms with Gasteiger partial charge >= 0.3 is 0 Å². The van der Waals surface area contributed by atoms with Crippen molar-refractivity contribution < 1.29 is 14.7 Å². The number of thiophene rings is 1. The summed E-state index contributed by atoms with van der Waals surface area (Å²) in [6.45, 7) is 0.306. The molecule has 0 bridgehead atoms. The minimum Gasteiger partial charge on any atom is -0.384 e. The van der Waals surface area contributed by atoms with Crippen LogP contribution in [0.25, 0.3) is 0 Å². The molecule has 2 rings (SSSR count). The predicted octanol–water partition coefficient (Wildman–Crippen LogP) is 0.443. The molecule has 1 aliphatic heterocycles. The topological polar surface area (TPSA) is 69.6 Å². The lowest BCUT2D eigenvalue weighted by Gasteiger charge is -2.30. The van der Waals surface area contributed by atoms with E-state index in [4.69, 9.17) is 5.11 Å². The summed E-state index contributed by atoms with van der Waals surface area (Å²) in [6.07, 6.45) is 1.13. The number of hydrogen-bond donors (Lipinski definition) is 2. The summed E-state index contributed by atoms with van der Waals surface area (Å²) in [4.78, 5) is 25.8. The van der Waals surface area contributed by atoms with Crippen LogP contribution in [-0.4, -0.2) is 48.1 Å². The van der Waals surface area contributed by atoms with E-state index in [0.717, 1.165) is 0 Å². The maximum Gasteiger partial charge on any atom is 0.262 e. The fraction of sp³-hybridized carbons (Fsp3) is 0.429. The molecule has 1 aliphatic rings. The number of hydrogen-bond acceptors (Lipinski definition) is 4. The minimum atomic E-state index is -0.230. The first-order valence-corrected chi connectivity index (χ1v) is 7.22. The predicted molar refractivity (Wildman–Crippen MR) is 76.4 cm³/mol. The van der Waals surface area contributed by atoms with Crippen LogP contribution in [0, 0.1) is 11.8 Å². The van der Waals surface area contributed by atoms with Crippen LogP contribution < -0.4 is 5.32 Å². The van der Waals surface area contributed by atoms with Crippen LogP contribution in [0.4, 0.5) is 0 Å². The third kappa shape index (κ3) is 3.38. The Kier molecular flexibility index (Phi) is 4.77. The molecule has 2 N–H and O–H groups in total. The van der Waals surface area contributed by atoms with Crippen LogP contribution in [0.5, 0.6) is 0 Å². The molecule has 20 heavy (non-hydrogen) atoms. The van der Waals surface area contributed by atoms with Gasteiger partial charge in [0.1, 0.15) is 11.5 Å². The lowest BCUT2D eigenvalue weighted by Crippen LogP contribution is -2.48. The highest BCUT2D eigenvalue weighted by atomic mass is 32.1. The number of likely N-dealkylation sites (N-methyl/N-ethyl adjacent to an activating group) is 1. The van der Waals surface area contributed by atoms with Gasteiger partial charge < -0.3 is 15.3 Å². The van der Waals surface area contributed by atoms with Crippen LogP contribution in [0.15, 0.2) is 11.4 Å². The number of likely N-dealkylation sites (tertiary alicyclic amines) is 1. The van der Waals surface area contributed by atoms with Gasteiger partial charge in [-0.1, -0.05) is 11.8 Å². The Morgan fingerprint density at radius 2 is 2.45 bits per heavy atom. The molecule has 0 spiro atoms. The third-order valence-corrected chi connectivity index (χ3v) is 4.05. The molecular weight excluding hydrogens is 276 g/mol. The summed E-state index contributed by atoms with van der Waals surface area (Å²) in [7, 11) is 1.74. The quantitative estimate of drug-likeness (QED) is 0.777. The zero-order valence-electron chi connectivity index (χ0n) is 11.2. The summed E-state index contributed by atoms with van der Waals surface area (Å²) >= 11 is 1.32. The molecule has 0 radical (unpaired) electrons. The van der Waals surface area contributed by atoms with E-state index in [9.17, 15) is 9.59 Å². The first-order chi connectivity index (χ1) is 9.61. The van der Waals surface area contributed by atoms with Crippen LogP contribution >= 0.6 is 11.3 Å². The fourth-order valence-electron chi connectivity index (χ4n) is 2.10. The molecule has 1 fully saturated rings. The molecule has 1 saturated heterocycles. The van der Waals surface area contributed by atoms with E-state index >= 15 is 0 Å². The van der Waals surface area contributed by atoms with Crippen molar-refractivity contribution in [1.82, 2.24) is 10.2 Å². The van der Waals surface area contributed by atoms with Crippen molar-refractivity contribution in [3.05, 3.63) is 21.9 Å². The van der Waals surface area contributed by atoms with Crippen molar-refractivity contribution in [3.8, 4) is 11.8 Å². The van der Waals surface area contributed by atoms with Gasteiger partial charge in [-0.05, 0) is 17.9 Å². The Morgan fingerprint density at radius 1 is 1.65 bits per heavy atom. The van der Waals surface area contributed by atoms with E-state index in [2.05, 4.69) is 17.2 Å².